The summed E-state index contributed by atoms with van der Waals surface area (Å²) in [5.74, 6) is -2.02. The van der Waals surface area contributed by atoms with Gasteiger partial charge in [-0.05, 0) is 19.8 Å². The lowest BCUT2D eigenvalue weighted by Gasteiger charge is -2.31. The third kappa shape index (κ3) is 3.70. The molecule has 1 saturated carbocycles. The number of aliphatic hydroxyl groups is 1. The van der Waals surface area contributed by atoms with E-state index in [2.05, 4.69) is 0 Å². The maximum atomic E-state index is 12.1. The largest absolute Gasteiger partial charge is 0.481 e. The van der Waals surface area contributed by atoms with Gasteiger partial charge in [-0.2, -0.15) is 0 Å². The maximum absolute atomic E-state index is 12.1. The van der Waals surface area contributed by atoms with E-state index in [1.54, 1.807) is 14.0 Å². The van der Waals surface area contributed by atoms with Crippen molar-refractivity contribution >= 4 is 11.9 Å². The van der Waals surface area contributed by atoms with Gasteiger partial charge in [0.2, 0.25) is 5.91 Å². The van der Waals surface area contributed by atoms with Gasteiger partial charge in [0.1, 0.15) is 0 Å². The van der Waals surface area contributed by atoms with Crippen LogP contribution in [0.25, 0.3) is 0 Å². The molecule has 1 amide bonds. The fourth-order valence-electron chi connectivity index (χ4n) is 2.49. The molecule has 17 heavy (non-hydrogen) atoms. The van der Waals surface area contributed by atoms with Crippen LogP contribution in [0.5, 0.6) is 0 Å². The maximum Gasteiger partial charge on any atom is 0.307 e. The molecule has 1 aliphatic carbocycles. The minimum absolute atomic E-state index is 0.155. The van der Waals surface area contributed by atoms with E-state index in [1.165, 1.54) is 4.90 Å². The number of carboxylic acids is 1. The first-order chi connectivity index (χ1) is 7.93. The summed E-state index contributed by atoms with van der Waals surface area (Å²) in [7, 11) is 1.61. The lowest BCUT2D eigenvalue weighted by Crippen LogP contribution is -2.42. The quantitative estimate of drug-likeness (QED) is 0.762. The Kier molecular flexibility index (Phi) is 4.93. The van der Waals surface area contributed by atoms with Crippen LogP contribution in [0.4, 0.5) is 0 Å². The number of hydrogen-bond donors (Lipinski definition) is 2. The molecule has 1 rings (SSSR count). The van der Waals surface area contributed by atoms with Crippen LogP contribution < -0.4 is 0 Å². The number of aliphatic hydroxyl groups excluding tert-OH is 1. The standard InChI is InChI=1S/C12H21NO4/c1-8(14)7-13(2)11(15)9-5-3-4-6-10(9)12(16)17/h8-10,14H,3-7H2,1-2H3,(H,16,17)/t8?,9-,10+/m1/s1. The van der Waals surface area contributed by atoms with Crippen molar-refractivity contribution in [3.63, 3.8) is 0 Å². The molecular weight excluding hydrogens is 222 g/mol. The molecule has 0 radical (unpaired) electrons. The number of nitrogens with zero attached hydrogens (tertiary/aromatic N) is 1. The van der Waals surface area contributed by atoms with Gasteiger partial charge in [-0.3, -0.25) is 9.59 Å². The summed E-state index contributed by atoms with van der Waals surface area (Å²) in [6, 6.07) is 0. The van der Waals surface area contributed by atoms with Crippen LogP contribution in [0, 0.1) is 11.8 Å². The molecular formula is C12H21NO4. The smallest absolute Gasteiger partial charge is 0.307 e. The van der Waals surface area contributed by atoms with Crippen LogP contribution >= 0.6 is 0 Å². The molecule has 0 aromatic heterocycles. The second-order valence-electron chi connectivity index (χ2n) is 4.90. The topological polar surface area (TPSA) is 77.8 Å². The van der Waals surface area contributed by atoms with Gasteiger partial charge in [0.25, 0.3) is 0 Å². The van der Waals surface area contributed by atoms with Gasteiger partial charge < -0.3 is 15.1 Å². The molecule has 0 heterocycles. The minimum Gasteiger partial charge on any atom is -0.481 e. The summed E-state index contributed by atoms with van der Waals surface area (Å²) in [6.45, 7) is 1.86. The van der Waals surface area contributed by atoms with E-state index < -0.39 is 23.9 Å². The Morgan fingerprint density at radius 2 is 1.82 bits per heavy atom. The average Bonchev–Trinajstić information content (AvgIpc) is 2.27. The van der Waals surface area contributed by atoms with Crippen LogP contribution in [-0.2, 0) is 9.59 Å². The van der Waals surface area contributed by atoms with Crippen molar-refractivity contribution in [2.24, 2.45) is 11.8 Å². The number of aliphatic carboxylic acids is 1. The van der Waals surface area contributed by atoms with Crippen molar-refractivity contribution in [2.75, 3.05) is 13.6 Å². The molecule has 98 valence electrons. The predicted octanol–water partition coefficient (Wildman–Crippen LogP) is 0.717. The van der Waals surface area contributed by atoms with Gasteiger partial charge >= 0.3 is 5.97 Å². The molecule has 0 aliphatic heterocycles. The first-order valence-electron chi connectivity index (χ1n) is 6.09. The van der Waals surface area contributed by atoms with Crippen molar-refractivity contribution in [1.82, 2.24) is 4.90 Å². The zero-order chi connectivity index (χ0) is 13.0. The molecule has 0 bridgehead atoms. The lowest BCUT2D eigenvalue weighted by molar-refractivity contribution is -0.152. The normalized spacial score (nSPS) is 26.3. The van der Waals surface area contributed by atoms with Crippen molar-refractivity contribution in [2.45, 2.75) is 38.7 Å². The van der Waals surface area contributed by atoms with Gasteiger partial charge in [0, 0.05) is 13.6 Å². The number of carboxylic acid groups (broad SMARTS) is 1. The monoisotopic (exact) mass is 243 g/mol. The van der Waals surface area contributed by atoms with Crippen LogP contribution in [0.2, 0.25) is 0 Å². The second-order valence-corrected chi connectivity index (χ2v) is 4.90. The Bertz CT molecular complexity index is 290. The van der Waals surface area contributed by atoms with Crippen LogP contribution in [0.1, 0.15) is 32.6 Å². The second kappa shape index (κ2) is 6.00. The molecule has 0 aromatic rings. The molecule has 0 spiro atoms. The van der Waals surface area contributed by atoms with Crippen molar-refractivity contribution < 1.29 is 19.8 Å². The fourth-order valence-corrected chi connectivity index (χ4v) is 2.49. The van der Waals surface area contributed by atoms with Crippen molar-refractivity contribution in [3.05, 3.63) is 0 Å². The van der Waals surface area contributed by atoms with Gasteiger partial charge in [-0.15, -0.1) is 0 Å². The summed E-state index contributed by atoms with van der Waals surface area (Å²) >= 11 is 0. The van der Waals surface area contributed by atoms with Crippen molar-refractivity contribution in [3.8, 4) is 0 Å². The molecule has 0 saturated heterocycles. The minimum atomic E-state index is -0.881. The Labute approximate surface area is 101 Å². The van der Waals surface area contributed by atoms with E-state index in [9.17, 15) is 14.7 Å². The average molecular weight is 243 g/mol. The molecule has 1 unspecified atom stereocenters. The van der Waals surface area contributed by atoms with E-state index in [-0.39, 0.29) is 12.5 Å². The molecule has 3 atom stereocenters. The Morgan fingerprint density at radius 1 is 1.29 bits per heavy atom. The van der Waals surface area contributed by atoms with E-state index in [0.717, 1.165) is 12.8 Å². The first-order valence-corrected chi connectivity index (χ1v) is 6.09. The van der Waals surface area contributed by atoms with Gasteiger partial charge in [-0.1, -0.05) is 12.8 Å². The number of hydrogen-bond acceptors (Lipinski definition) is 3. The number of amides is 1. The zero-order valence-corrected chi connectivity index (χ0v) is 10.4. The van der Waals surface area contributed by atoms with E-state index in [0.29, 0.717) is 12.8 Å². The highest BCUT2D eigenvalue weighted by molar-refractivity contribution is 5.84. The van der Waals surface area contributed by atoms with Crippen LogP contribution in [0.15, 0.2) is 0 Å². The SMILES string of the molecule is CC(O)CN(C)C(=O)[C@@H]1CCCC[C@@H]1C(=O)O. The molecule has 5 heteroatoms. The van der Waals surface area contributed by atoms with Crippen LogP contribution in [-0.4, -0.2) is 46.7 Å². The van der Waals surface area contributed by atoms with Gasteiger partial charge in [0.05, 0.1) is 17.9 Å². The van der Waals surface area contributed by atoms with E-state index >= 15 is 0 Å². The van der Waals surface area contributed by atoms with Gasteiger partial charge in [0.15, 0.2) is 0 Å². The summed E-state index contributed by atoms with van der Waals surface area (Å²) in [5, 5.41) is 18.3. The number of likely N-dealkylation sites (N-methyl/N-ethyl adjacent to an activating group) is 1. The Morgan fingerprint density at radius 3 is 2.29 bits per heavy atom. The number of carbonyl (C=O) groups is 2. The summed E-state index contributed by atoms with van der Waals surface area (Å²) in [5.41, 5.74) is 0. The molecule has 2 N–H and O–H groups in total. The van der Waals surface area contributed by atoms with Gasteiger partial charge in [-0.25, -0.2) is 0 Å². The fraction of sp³-hybridized carbons (Fsp3) is 0.833. The van der Waals surface area contributed by atoms with E-state index in [1.807, 2.05) is 0 Å². The molecule has 0 aromatic carbocycles. The highest BCUT2D eigenvalue weighted by atomic mass is 16.4. The number of carbonyl (C=O) groups excluding carboxylic acids is 1. The third-order valence-electron chi connectivity index (χ3n) is 3.31. The Hall–Kier alpha value is -1.10. The molecule has 1 fully saturated rings. The van der Waals surface area contributed by atoms with E-state index in [4.69, 9.17) is 5.11 Å². The lowest BCUT2D eigenvalue weighted by atomic mass is 9.78. The highest BCUT2D eigenvalue weighted by Gasteiger charge is 2.37. The van der Waals surface area contributed by atoms with Crippen LogP contribution in [0.3, 0.4) is 0 Å². The third-order valence-corrected chi connectivity index (χ3v) is 3.31. The summed E-state index contributed by atoms with van der Waals surface area (Å²) in [6.07, 6.45) is 2.41. The Balaban J connectivity index is 2.67. The van der Waals surface area contributed by atoms with Crippen molar-refractivity contribution in [1.29, 1.82) is 0 Å². The predicted molar refractivity (Wildman–Crippen MR) is 62.4 cm³/mol. The highest BCUT2D eigenvalue weighted by Crippen LogP contribution is 2.31. The molecule has 1 aliphatic rings. The molecule has 5 nitrogen and oxygen atoms in total. The zero-order valence-electron chi connectivity index (χ0n) is 10.4. The summed E-state index contributed by atoms with van der Waals surface area (Å²) in [4.78, 5) is 24.6. The first kappa shape index (κ1) is 14.0. The summed E-state index contributed by atoms with van der Waals surface area (Å²) < 4.78 is 0. The number of rotatable bonds is 4.